The van der Waals surface area contributed by atoms with E-state index in [1.165, 1.54) is 19.2 Å². The molecular weight excluding hydrogens is 270 g/mol. The summed E-state index contributed by atoms with van der Waals surface area (Å²) in [6, 6.07) is 11.4. The minimum absolute atomic E-state index is 0.0946. The molecule has 0 saturated heterocycles. The number of ether oxygens (including phenoxy) is 1. The fraction of sp³-hybridized carbons (Fsp3) is 0.188. The van der Waals surface area contributed by atoms with Gasteiger partial charge in [-0.25, -0.2) is 0 Å². The van der Waals surface area contributed by atoms with Gasteiger partial charge in [-0.05, 0) is 42.8 Å². The molecule has 0 radical (unpaired) electrons. The molecule has 2 aromatic carbocycles. The van der Waals surface area contributed by atoms with Crippen LogP contribution in [0.5, 0.6) is 11.5 Å². The van der Waals surface area contributed by atoms with Gasteiger partial charge in [-0.3, -0.25) is 4.79 Å². The zero-order valence-corrected chi connectivity index (χ0v) is 11.8. The highest BCUT2D eigenvalue weighted by Gasteiger charge is 2.10. The third-order valence-electron chi connectivity index (χ3n) is 3.07. The van der Waals surface area contributed by atoms with Crippen LogP contribution in [0.15, 0.2) is 42.5 Å². The Morgan fingerprint density at radius 2 is 2.00 bits per heavy atom. The number of carbonyl (C=O) groups is 1. The van der Waals surface area contributed by atoms with E-state index < -0.39 is 6.10 Å². The van der Waals surface area contributed by atoms with Gasteiger partial charge in [0.25, 0.3) is 5.91 Å². The van der Waals surface area contributed by atoms with Gasteiger partial charge in [0.1, 0.15) is 0 Å². The number of benzene rings is 2. The Morgan fingerprint density at radius 1 is 1.24 bits per heavy atom. The van der Waals surface area contributed by atoms with Crippen LogP contribution in [0.25, 0.3) is 0 Å². The molecule has 1 amide bonds. The van der Waals surface area contributed by atoms with E-state index in [0.717, 1.165) is 0 Å². The van der Waals surface area contributed by atoms with E-state index in [1.807, 2.05) is 0 Å². The molecule has 21 heavy (non-hydrogen) atoms. The predicted octanol–water partition coefficient (Wildman–Crippen LogP) is 2.71. The van der Waals surface area contributed by atoms with Crippen LogP contribution < -0.4 is 10.1 Å². The Hall–Kier alpha value is -2.53. The van der Waals surface area contributed by atoms with E-state index in [4.69, 9.17) is 4.74 Å². The Labute approximate surface area is 122 Å². The van der Waals surface area contributed by atoms with E-state index in [-0.39, 0.29) is 11.7 Å². The molecule has 5 heteroatoms. The number of methoxy groups -OCH3 is 1. The van der Waals surface area contributed by atoms with Crippen molar-refractivity contribution in [2.45, 2.75) is 13.0 Å². The molecule has 0 aromatic heterocycles. The number of anilines is 1. The highest BCUT2D eigenvalue weighted by atomic mass is 16.5. The molecule has 0 heterocycles. The van der Waals surface area contributed by atoms with Crippen LogP contribution in [0.2, 0.25) is 0 Å². The Bertz CT molecular complexity index is 652. The van der Waals surface area contributed by atoms with Crippen molar-refractivity contribution in [2.24, 2.45) is 0 Å². The van der Waals surface area contributed by atoms with Crippen LogP contribution in [0.1, 0.15) is 28.9 Å². The van der Waals surface area contributed by atoms with Crippen molar-refractivity contribution < 1.29 is 19.7 Å². The van der Waals surface area contributed by atoms with E-state index in [9.17, 15) is 15.0 Å². The number of aliphatic hydroxyl groups excluding tert-OH is 1. The molecule has 0 aliphatic heterocycles. The first-order valence-electron chi connectivity index (χ1n) is 6.47. The first-order valence-corrected chi connectivity index (χ1v) is 6.47. The Morgan fingerprint density at radius 3 is 2.62 bits per heavy atom. The second kappa shape index (κ2) is 6.28. The van der Waals surface area contributed by atoms with Crippen molar-refractivity contribution in [1.29, 1.82) is 0 Å². The summed E-state index contributed by atoms with van der Waals surface area (Å²) < 4.78 is 4.93. The molecule has 0 aliphatic rings. The topological polar surface area (TPSA) is 78.8 Å². The number of hydrogen-bond acceptors (Lipinski definition) is 4. The number of aliphatic hydroxyl groups is 1. The van der Waals surface area contributed by atoms with Crippen LogP contribution >= 0.6 is 0 Å². The van der Waals surface area contributed by atoms with Crippen molar-refractivity contribution in [3.05, 3.63) is 53.6 Å². The number of aromatic hydroxyl groups is 1. The first kappa shape index (κ1) is 14.9. The molecule has 5 nitrogen and oxygen atoms in total. The molecule has 2 rings (SSSR count). The van der Waals surface area contributed by atoms with Crippen LogP contribution in [-0.2, 0) is 0 Å². The van der Waals surface area contributed by atoms with Crippen molar-refractivity contribution in [1.82, 2.24) is 0 Å². The van der Waals surface area contributed by atoms with Gasteiger partial charge >= 0.3 is 0 Å². The molecular formula is C16H17NO4. The van der Waals surface area contributed by atoms with Gasteiger partial charge < -0.3 is 20.3 Å². The van der Waals surface area contributed by atoms with E-state index in [0.29, 0.717) is 22.6 Å². The highest BCUT2D eigenvalue weighted by Crippen LogP contribution is 2.26. The second-order valence-electron chi connectivity index (χ2n) is 4.64. The highest BCUT2D eigenvalue weighted by molar-refractivity contribution is 6.04. The van der Waals surface area contributed by atoms with Crippen LogP contribution in [0, 0.1) is 0 Å². The summed E-state index contributed by atoms with van der Waals surface area (Å²) in [5.41, 5.74) is 1.61. The largest absolute Gasteiger partial charge is 0.504 e. The number of carbonyl (C=O) groups excluding carboxylic acids is 1. The average Bonchev–Trinajstić information content (AvgIpc) is 2.47. The number of phenolic OH excluding ortho intramolecular Hbond substituents is 1. The lowest BCUT2D eigenvalue weighted by Gasteiger charge is -2.10. The lowest BCUT2D eigenvalue weighted by atomic mass is 10.1. The van der Waals surface area contributed by atoms with Crippen LogP contribution in [0.4, 0.5) is 5.69 Å². The van der Waals surface area contributed by atoms with Gasteiger partial charge in [0.15, 0.2) is 11.5 Å². The molecule has 0 fully saturated rings. The lowest BCUT2D eigenvalue weighted by molar-refractivity contribution is 0.102. The maximum absolute atomic E-state index is 12.1. The Balaban J connectivity index is 2.18. The Kier molecular flexibility index (Phi) is 4.45. The third-order valence-corrected chi connectivity index (χ3v) is 3.07. The fourth-order valence-electron chi connectivity index (χ4n) is 1.91. The second-order valence-corrected chi connectivity index (χ2v) is 4.64. The van der Waals surface area contributed by atoms with Crippen molar-refractivity contribution in [3.63, 3.8) is 0 Å². The van der Waals surface area contributed by atoms with Gasteiger partial charge in [0.2, 0.25) is 0 Å². The molecule has 0 bridgehead atoms. The van der Waals surface area contributed by atoms with Crippen LogP contribution in [0.3, 0.4) is 0 Å². The molecule has 0 aliphatic carbocycles. The monoisotopic (exact) mass is 287 g/mol. The summed E-state index contributed by atoms with van der Waals surface area (Å²) in [5, 5.41) is 21.9. The van der Waals surface area contributed by atoms with Gasteiger partial charge in [-0.1, -0.05) is 12.1 Å². The minimum atomic E-state index is -0.605. The number of amides is 1. The molecule has 2 aromatic rings. The van der Waals surface area contributed by atoms with Crippen molar-refractivity contribution in [2.75, 3.05) is 12.4 Å². The summed E-state index contributed by atoms with van der Waals surface area (Å²) >= 11 is 0. The molecule has 3 N–H and O–H groups in total. The number of rotatable bonds is 4. The fourth-order valence-corrected chi connectivity index (χ4v) is 1.91. The predicted molar refractivity (Wildman–Crippen MR) is 79.7 cm³/mol. The maximum Gasteiger partial charge on any atom is 0.255 e. The molecule has 1 unspecified atom stereocenters. The average molecular weight is 287 g/mol. The number of nitrogens with one attached hydrogen (secondary N) is 1. The molecule has 0 spiro atoms. The summed E-state index contributed by atoms with van der Waals surface area (Å²) in [5.74, 6) is -0.138. The molecule has 1 atom stereocenters. The zero-order valence-electron chi connectivity index (χ0n) is 11.8. The minimum Gasteiger partial charge on any atom is -0.504 e. The van der Waals surface area contributed by atoms with E-state index >= 15 is 0 Å². The van der Waals surface area contributed by atoms with Crippen LogP contribution in [-0.4, -0.2) is 23.2 Å². The smallest absolute Gasteiger partial charge is 0.255 e. The summed E-state index contributed by atoms with van der Waals surface area (Å²) in [6.07, 6.45) is -0.605. The van der Waals surface area contributed by atoms with Gasteiger partial charge in [0, 0.05) is 11.3 Å². The van der Waals surface area contributed by atoms with Gasteiger partial charge in [-0.2, -0.15) is 0 Å². The summed E-state index contributed by atoms with van der Waals surface area (Å²) in [6.45, 7) is 1.66. The van der Waals surface area contributed by atoms with Gasteiger partial charge in [0.05, 0.1) is 13.2 Å². The summed E-state index contributed by atoms with van der Waals surface area (Å²) in [4.78, 5) is 12.1. The standard InChI is InChI=1S/C16H17NO4/c1-10(18)11-4-3-5-13(8-11)17-16(20)12-6-7-15(21-2)14(19)9-12/h3-10,18-19H,1-2H3,(H,17,20). The first-order chi connectivity index (χ1) is 10.0. The lowest BCUT2D eigenvalue weighted by Crippen LogP contribution is -2.12. The third kappa shape index (κ3) is 3.52. The normalized spacial score (nSPS) is 11.8. The van der Waals surface area contributed by atoms with E-state index in [1.54, 1.807) is 37.3 Å². The number of hydrogen-bond donors (Lipinski definition) is 3. The maximum atomic E-state index is 12.1. The number of phenols is 1. The zero-order chi connectivity index (χ0) is 15.4. The molecule has 0 saturated carbocycles. The van der Waals surface area contributed by atoms with E-state index in [2.05, 4.69) is 5.32 Å². The van der Waals surface area contributed by atoms with Gasteiger partial charge in [-0.15, -0.1) is 0 Å². The van der Waals surface area contributed by atoms with Crippen molar-refractivity contribution in [3.8, 4) is 11.5 Å². The molecule has 110 valence electrons. The summed E-state index contributed by atoms with van der Waals surface area (Å²) in [7, 11) is 1.44. The quantitative estimate of drug-likeness (QED) is 0.808. The van der Waals surface area contributed by atoms with Crippen molar-refractivity contribution >= 4 is 11.6 Å². The SMILES string of the molecule is COc1ccc(C(=O)Nc2cccc(C(C)O)c2)cc1O.